The Balaban J connectivity index is 1.67. The van der Waals surface area contributed by atoms with Crippen molar-refractivity contribution in [3.63, 3.8) is 0 Å². The van der Waals surface area contributed by atoms with Crippen molar-refractivity contribution >= 4 is 33.4 Å². The highest BCUT2D eigenvalue weighted by atomic mass is 35.5. The van der Waals surface area contributed by atoms with E-state index in [1.807, 2.05) is 12.1 Å². The quantitative estimate of drug-likeness (QED) is 0.343. The fraction of sp³-hybridized carbons (Fsp3) is 0.440. The molecule has 1 fully saturated rings. The molecular formula is C25H30ClNO5S. The lowest BCUT2D eigenvalue weighted by atomic mass is 9.84. The molecule has 0 N–H and O–H groups in total. The number of halogens is 1. The molecule has 6 nitrogen and oxygen atoms in total. The van der Waals surface area contributed by atoms with E-state index in [-0.39, 0.29) is 21.3 Å². The van der Waals surface area contributed by atoms with Crippen LogP contribution in [0.1, 0.15) is 78.1 Å². The number of carbonyl (C=O) groups is 2. The van der Waals surface area contributed by atoms with E-state index >= 15 is 0 Å². The summed E-state index contributed by atoms with van der Waals surface area (Å²) in [6.07, 6.45) is 6.11. The van der Waals surface area contributed by atoms with Crippen molar-refractivity contribution in [2.45, 2.75) is 56.8 Å². The molecule has 0 aromatic heterocycles. The number of esters is 1. The van der Waals surface area contributed by atoms with E-state index in [1.165, 1.54) is 60.2 Å². The summed E-state index contributed by atoms with van der Waals surface area (Å²) >= 11 is 6.12. The highest BCUT2D eigenvalue weighted by molar-refractivity contribution is 7.89. The van der Waals surface area contributed by atoms with Gasteiger partial charge in [0.1, 0.15) is 0 Å². The fourth-order valence-electron chi connectivity index (χ4n) is 4.20. The molecule has 2 aromatic carbocycles. The molecule has 1 aliphatic carbocycles. The van der Waals surface area contributed by atoms with E-state index in [4.69, 9.17) is 16.3 Å². The summed E-state index contributed by atoms with van der Waals surface area (Å²) in [5.74, 6) is -0.631. The van der Waals surface area contributed by atoms with Gasteiger partial charge in [-0.25, -0.2) is 13.2 Å². The second-order valence-electron chi connectivity index (χ2n) is 8.19. The second kappa shape index (κ2) is 11.3. The van der Waals surface area contributed by atoms with Gasteiger partial charge < -0.3 is 4.74 Å². The van der Waals surface area contributed by atoms with Gasteiger partial charge in [0.25, 0.3) is 0 Å². The number of carbonyl (C=O) groups excluding carboxylic acids is 2. The molecule has 1 aliphatic rings. The summed E-state index contributed by atoms with van der Waals surface area (Å²) in [4.78, 5) is 25.1. The first kappa shape index (κ1) is 25.4. The van der Waals surface area contributed by atoms with Crippen LogP contribution >= 0.6 is 11.6 Å². The minimum absolute atomic E-state index is 0.0489. The monoisotopic (exact) mass is 491 g/mol. The number of hydrogen-bond donors (Lipinski definition) is 0. The van der Waals surface area contributed by atoms with E-state index in [0.29, 0.717) is 24.6 Å². The van der Waals surface area contributed by atoms with Crippen LogP contribution in [0.3, 0.4) is 0 Å². The molecule has 178 valence electrons. The summed E-state index contributed by atoms with van der Waals surface area (Å²) < 4.78 is 32.0. The van der Waals surface area contributed by atoms with Gasteiger partial charge in [0, 0.05) is 18.7 Å². The van der Waals surface area contributed by atoms with Crippen molar-refractivity contribution in [3.05, 3.63) is 64.2 Å². The highest BCUT2D eigenvalue weighted by Gasteiger charge is 2.25. The number of benzene rings is 2. The highest BCUT2D eigenvalue weighted by Crippen LogP contribution is 2.32. The molecule has 0 bridgehead atoms. The molecule has 0 aliphatic heterocycles. The lowest BCUT2D eigenvalue weighted by Crippen LogP contribution is -2.30. The Morgan fingerprint density at radius 2 is 1.64 bits per heavy atom. The zero-order chi connectivity index (χ0) is 24.0. The third-order valence-corrected chi connectivity index (χ3v) is 8.52. The topological polar surface area (TPSA) is 80.8 Å². The van der Waals surface area contributed by atoms with Crippen LogP contribution in [0.25, 0.3) is 0 Å². The number of sulfonamides is 1. The smallest absolute Gasteiger partial charge is 0.340 e. The molecular weight excluding hydrogens is 462 g/mol. The van der Waals surface area contributed by atoms with Crippen LogP contribution in [0.15, 0.2) is 47.4 Å². The van der Waals surface area contributed by atoms with Crippen LogP contribution in [-0.4, -0.2) is 44.2 Å². The fourth-order valence-corrected chi connectivity index (χ4v) is 5.88. The molecule has 2 aromatic rings. The second-order valence-corrected chi connectivity index (χ2v) is 10.5. The Bertz CT molecular complexity index is 1090. The lowest BCUT2D eigenvalue weighted by molar-refractivity contribution is 0.0474. The van der Waals surface area contributed by atoms with Crippen molar-refractivity contribution in [3.8, 4) is 0 Å². The van der Waals surface area contributed by atoms with Gasteiger partial charge >= 0.3 is 5.97 Å². The molecule has 0 spiro atoms. The maximum Gasteiger partial charge on any atom is 0.340 e. The zero-order valence-electron chi connectivity index (χ0n) is 19.1. The molecule has 1 saturated carbocycles. The van der Waals surface area contributed by atoms with Crippen LogP contribution in [0.4, 0.5) is 0 Å². The van der Waals surface area contributed by atoms with Gasteiger partial charge in [0.2, 0.25) is 10.0 Å². The average molecular weight is 492 g/mol. The molecule has 0 heterocycles. The Morgan fingerprint density at radius 1 is 1.00 bits per heavy atom. The number of rotatable bonds is 9. The maximum absolute atomic E-state index is 12.8. The number of hydrogen-bond acceptors (Lipinski definition) is 5. The van der Waals surface area contributed by atoms with Crippen LogP contribution < -0.4 is 0 Å². The minimum Gasteiger partial charge on any atom is -0.454 e. The van der Waals surface area contributed by atoms with Gasteiger partial charge in [0.15, 0.2) is 12.4 Å². The molecule has 0 radical (unpaired) electrons. The van der Waals surface area contributed by atoms with Gasteiger partial charge in [-0.05, 0) is 42.5 Å². The summed E-state index contributed by atoms with van der Waals surface area (Å²) in [7, 11) is -3.76. The van der Waals surface area contributed by atoms with Gasteiger partial charge in [0.05, 0.1) is 15.5 Å². The Morgan fingerprint density at radius 3 is 2.24 bits per heavy atom. The maximum atomic E-state index is 12.8. The number of nitrogens with zero attached hydrogens (tertiary/aromatic N) is 1. The van der Waals surface area contributed by atoms with E-state index in [0.717, 1.165) is 0 Å². The first-order valence-electron chi connectivity index (χ1n) is 11.4. The van der Waals surface area contributed by atoms with E-state index in [2.05, 4.69) is 0 Å². The molecule has 33 heavy (non-hydrogen) atoms. The van der Waals surface area contributed by atoms with Gasteiger partial charge in [-0.2, -0.15) is 4.31 Å². The predicted octanol–water partition coefficient (Wildman–Crippen LogP) is 5.46. The Kier molecular flexibility index (Phi) is 8.68. The number of ketones is 1. The summed E-state index contributed by atoms with van der Waals surface area (Å²) in [6.45, 7) is 3.62. The summed E-state index contributed by atoms with van der Waals surface area (Å²) in [5.41, 5.74) is 1.61. The van der Waals surface area contributed by atoms with Gasteiger partial charge in [-0.3, -0.25) is 4.79 Å². The SMILES string of the molecule is CCN(CC)S(=O)(=O)c1ccc(Cl)c(C(=O)OCC(=O)c2ccc(C3CCCCC3)cc2)c1. The van der Waals surface area contributed by atoms with Crippen molar-refractivity contribution < 1.29 is 22.7 Å². The molecule has 0 saturated heterocycles. The van der Waals surface area contributed by atoms with Crippen LogP contribution in [0.5, 0.6) is 0 Å². The number of ether oxygens (including phenoxy) is 1. The number of Topliss-reactive ketones (excluding diaryl/α,β-unsaturated/α-hetero) is 1. The standard InChI is InChI=1S/C25H30ClNO5S/c1-3-27(4-2)33(30,31)21-14-15-23(26)22(16-21)25(29)32-17-24(28)20-12-10-19(11-13-20)18-8-6-5-7-9-18/h10-16,18H,3-9,17H2,1-2H3. The first-order valence-corrected chi connectivity index (χ1v) is 13.2. The first-order chi connectivity index (χ1) is 15.8. The third-order valence-electron chi connectivity index (χ3n) is 6.14. The molecule has 3 rings (SSSR count). The normalized spacial score (nSPS) is 14.9. The van der Waals surface area contributed by atoms with Crippen LogP contribution in [0, 0.1) is 0 Å². The molecule has 0 unspecified atom stereocenters. The van der Waals surface area contributed by atoms with Crippen molar-refractivity contribution in [2.75, 3.05) is 19.7 Å². The van der Waals surface area contributed by atoms with Gasteiger partial charge in [-0.15, -0.1) is 0 Å². The Hall–Kier alpha value is -2.22. The van der Waals surface area contributed by atoms with Crippen molar-refractivity contribution in [1.82, 2.24) is 4.31 Å². The molecule has 8 heteroatoms. The van der Waals surface area contributed by atoms with E-state index in [1.54, 1.807) is 26.0 Å². The third kappa shape index (κ3) is 6.02. The van der Waals surface area contributed by atoms with Crippen molar-refractivity contribution in [2.24, 2.45) is 0 Å². The average Bonchev–Trinajstić information content (AvgIpc) is 2.83. The minimum atomic E-state index is -3.76. The zero-order valence-corrected chi connectivity index (χ0v) is 20.6. The van der Waals surface area contributed by atoms with Crippen molar-refractivity contribution in [1.29, 1.82) is 0 Å². The Labute approximate surface area is 200 Å². The van der Waals surface area contributed by atoms with Crippen LogP contribution in [-0.2, 0) is 14.8 Å². The van der Waals surface area contributed by atoms with E-state index in [9.17, 15) is 18.0 Å². The lowest BCUT2D eigenvalue weighted by Gasteiger charge is -2.22. The van der Waals surface area contributed by atoms with Gasteiger partial charge in [-0.1, -0.05) is 69.0 Å². The van der Waals surface area contributed by atoms with E-state index < -0.39 is 22.6 Å². The summed E-state index contributed by atoms with van der Waals surface area (Å²) in [5, 5.41) is 0.0581. The molecule has 0 atom stereocenters. The molecule has 0 amide bonds. The summed E-state index contributed by atoms with van der Waals surface area (Å²) in [6, 6.07) is 11.4. The van der Waals surface area contributed by atoms with Crippen LogP contribution in [0.2, 0.25) is 5.02 Å². The predicted molar refractivity (Wildman–Crippen MR) is 128 cm³/mol. The largest absolute Gasteiger partial charge is 0.454 e.